The van der Waals surface area contributed by atoms with Gasteiger partial charge < -0.3 is 11.5 Å². The number of nitrogen functional groups attached to an aromatic ring is 1. The molecule has 0 atom stereocenters. The molecule has 2 heterocycles. The van der Waals surface area contributed by atoms with Gasteiger partial charge in [0.2, 0.25) is 0 Å². The second-order valence-electron chi connectivity index (χ2n) is 4.12. The molecule has 2 aromatic heterocycles. The van der Waals surface area contributed by atoms with Gasteiger partial charge in [0.25, 0.3) is 5.91 Å². The summed E-state index contributed by atoms with van der Waals surface area (Å²) in [4.78, 5) is 15.7. The maximum Gasteiger partial charge on any atom is 0.252 e. The number of amides is 1. The molecule has 3 rings (SSSR count). The summed E-state index contributed by atoms with van der Waals surface area (Å²) in [7, 11) is 0. The Morgan fingerprint density at radius 2 is 2.00 bits per heavy atom. The van der Waals surface area contributed by atoms with Gasteiger partial charge >= 0.3 is 0 Å². The maximum absolute atomic E-state index is 11.5. The number of anilines is 1. The van der Waals surface area contributed by atoms with Gasteiger partial charge in [-0.3, -0.25) is 4.79 Å². The molecule has 0 aliphatic carbocycles. The molecule has 0 unspecified atom stereocenters. The molecule has 0 aliphatic heterocycles. The van der Waals surface area contributed by atoms with Crippen LogP contribution in [0.4, 0.5) is 5.69 Å². The lowest BCUT2D eigenvalue weighted by molar-refractivity contribution is 0.1000. The van der Waals surface area contributed by atoms with Crippen LogP contribution in [-0.4, -0.2) is 20.7 Å². The van der Waals surface area contributed by atoms with E-state index < -0.39 is 5.91 Å². The number of aromatic nitrogens is 3. The van der Waals surface area contributed by atoms with E-state index in [4.69, 9.17) is 11.5 Å². The molecule has 0 saturated heterocycles. The van der Waals surface area contributed by atoms with Gasteiger partial charge in [0.05, 0.1) is 29.2 Å². The number of pyridine rings is 1. The van der Waals surface area contributed by atoms with Gasteiger partial charge in [0.1, 0.15) is 0 Å². The summed E-state index contributed by atoms with van der Waals surface area (Å²) in [6.45, 7) is 0. The van der Waals surface area contributed by atoms with Crippen LogP contribution in [0.5, 0.6) is 0 Å². The van der Waals surface area contributed by atoms with Crippen LogP contribution in [0.2, 0.25) is 0 Å². The molecular weight excluding hydrogens is 242 g/mol. The molecule has 1 aromatic carbocycles. The van der Waals surface area contributed by atoms with Crippen LogP contribution < -0.4 is 11.5 Å². The van der Waals surface area contributed by atoms with Crippen molar-refractivity contribution in [1.29, 1.82) is 0 Å². The Labute approximate surface area is 108 Å². The lowest BCUT2D eigenvalue weighted by Crippen LogP contribution is -2.17. The highest BCUT2D eigenvalue weighted by Crippen LogP contribution is 2.20. The first-order valence-electron chi connectivity index (χ1n) is 5.65. The molecule has 0 saturated carbocycles. The predicted molar refractivity (Wildman–Crippen MR) is 71.8 cm³/mol. The van der Waals surface area contributed by atoms with Gasteiger partial charge in [0, 0.05) is 5.39 Å². The minimum Gasteiger partial charge on any atom is -0.397 e. The number of benzene rings is 1. The molecule has 0 radical (unpaired) electrons. The molecule has 1 amide bonds. The maximum atomic E-state index is 11.5. The Hall–Kier alpha value is -2.89. The van der Waals surface area contributed by atoms with E-state index in [2.05, 4.69) is 10.1 Å². The number of hydrogen-bond acceptors (Lipinski definition) is 4. The Balaban J connectivity index is 2.30. The smallest absolute Gasteiger partial charge is 0.252 e. The summed E-state index contributed by atoms with van der Waals surface area (Å²) in [6.07, 6.45) is 3.18. The molecular formula is C13H11N5O. The summed E-state index contributed by atoms with van der Waals surface area (Å²) >= 11 is 0. The molecule has 19 heavy (non-hydrogen) atoms. The summed E-state index contributed by atoms with van der Waals surface area (Å²) in [5.74, 6) is -0.211. The normalized spacial score (nSPS) is 10.7. The van der Waals surface area contributed by atoms with E-state index in [1.54, 1.807) is 10.9 Å². The number of hydrogen-bond donors (Lipinski definition) is 2. The number of primary amides is 1. The van der Waals surface area contributed by atoms with Crippen molar-refractivity contribution < 1.29 is 4.79 Å². The SMILES string of the molecule is NC(=O)c1cc(N)cnc1-n1ncc2ccccc21. The zero-order chi connectivity index (χ0) is 13.4. The van der Waals surface area contributed by atoms with Crippen LogP contribution in [0.1, 0.15) is 10.4 Å². The van der Waals surface area contributed by atoms with Gasteiger partial charge in [-0.1, -0.05) is 18.2 Å². The number of para-hydroxylation sites is 1. The molecule has 4 N–H and O–H groups in total. The fraction of sp³-hybridized carbons (Fsp3) is 0. The molecule has 0 fully saturated rings. The van der Waals surface area contributed by atoms with Crippen LogP contribution >= 0.6 is 0 Å². The molecule has 6 heteroatoms. The Kier molecular flexibility index (Phi) is 2.42. The fourth-order valence-electron chi connectivity index (χ4n) is 1.96. The first-order valence-corrected chi connectivity index (χ1v) is 5.65. The fourth-order valence-corrected chi connectivity index (χ4v) is 1.96. The highest BCUT2D eigenvalue weighted by atomic mass is 16.1. The Bertz CT molecular complexity index is 778. The van der Waals surface area contributed by atoms with Gasteiger partial charge in [-0.2, -0.15) is 5.10 Å². The van der Waals surface area contributed by atoms with E-state index in [1.165, 1.54) is 12.3 Å². The Morgan fingerprint density at radius 1 is 1.21 bits per heavy atom. The van der Waals surface area contributed by atoms with Crippen molar-refractivity contribution in [2.45, 2.75) is 0 Å². The zero-order valence-corrected chi connectivity index (χ0v) is 9.95. The van der Waals surface area contributed by atoms with Gasteiger partial charge in [-0.05, 0) is 12.1 Å². The summed E-state index contributed by atoms with van der Waals surface area (Å²) in [5.41, 5.74) is 12.5. The van der Waals surface area contributed by atoms with E-state index in [0.717, 1.165) is 10.9 Å². The second-order valence-corrected chi connectivity index (χ2v) is 4.12. The highest BCUT2D eigenvalue weighted by molar-refractivity contribution is 5.97. The van der Waals surface area contributed by atoms with Crippen molar-refractivity contribution in [3.63, 3.8) is 0 Å². The minimum atomic E-state index is -0.589. The van der Waals surface area contributed by atoms with Crippen molar-refractivity contribution in [3.8, 4) is 5.82 Å². The van der Waals surface area contributed by atoms with Crippen molar-refractivity contribution in [1.82, 2.24) is 14.8 Å². The molecule has 3 aromatic rings. The number of carbonyl (C=O) groups is 1. The first kappa shape index (κ1) is 11.2. The van der Waals surface area contributed by atoms with Gasteiger partial charge in [-0.15, -0.1) is 0 Å². The topological polar surface area (TPSA) is 99.8 Å². The standard InChI is InChI=1S/C13H11N5O/c14-9-5-10(12(15)19)13(16-7-9)18-11-4-2-1-3-8(11)6-17-18/h1-7H,14H2,(H2,15,19). The first-order chi connectivity index (χ1) is 9.16. The number of nitrogens with zero attached hydrogens (tertiary/aromatic N) is 3. The van der Waals surface area contributed by atoms with Crippen LogP contribution in [-0.2, 0) is 0 Å². The van der Waals surface area contributed by atoms with Crippen LogP contribution in [0, 0.1) is 0 Å². The monoisotopic (exact) mass is 253 g/mol. The Morgan fingerprint density at radius 3 is 2.79 bits per heavy atom. The van der Waals surface area contributed by atoms with Crippen molar-refractivity contribution in [2.75, 3.05) is 5.73 Å². The third-order valence-electron chi connectivity index (χ3n) is 2.83. The molecule has 0 bridgehead atoms. The average molecular weight is 253 g/mol. The lowest BCUT2D eigenvalue weighted by Gasteiger charge is -2.07. The third kappa shape index (κ3) is 1.79. The summed E-state index contributed by atoms with van der Waals surface area (Å²) < 4.78 is 1.58. The lowest BCUT2D eigenvalue weighted by atomic mass is 10.2. The number of rotatable bonds is 2. The number of carbonyl (C=O) groups excluding carboxylic acids is 1. The van der Waals surface area contributed by atoms with Crippen molar-refractivity contribution >= 4 is 22.5 Å². The second kappa shape index (κ2) is 4.09. The zero-order valence-electron chi connectivity index (χ0n) is 9.95. The van der Waals surface area contributed by atoms with E-state index in [9.17, 15) is 4.79 Å². The molecule has 0 aliphatic rings. The van der Waals surface area contributed by atoms with Crippen LogP contribution in [0.15, 0.2) is 42.7 Å². The van der Waals surface area contributed by atoms with E-state index >= 15 is 0 Å². The minimum absolute atomic E-state index is 0.244. The summed E-state index contributed by atoms with van der Waals surface area (Å²) in [6, 6.07) is 9.13. The largest absolute Gasteiger partial charge is 0.397 e. The van der Waals surface area contributed by atoms with E-state index in [1.807, 2.05) is 24.3 Å². The highest BCUT2D eigenvalue weighted by Gasteiger charge is 2.14. The molecule has 6 nitrogen and oxygen atoms in total. The van der Waals surface area contributed by atoms with E-state index in [0.29, 0.717) is 11.5 Å². The van der Waals surface area contributed by atoms with Crippen molar-refractivity contribution in [2.24, 2.45) is 5.73 Å². The molecule has 94 valence electrons. The quantitative estimate of drug-likeness (QED) is 0.714. The van der Waals surface area contributed by atoms with Crippen LogP contribution in [0.3, 0.4) is 0 Å². The van der Waals surface area contributed by atoms with Crippen molar-refractivity contribution in [3.05, 3.63) is 48.3 Å². The third-order valence-corrected chi connectivity index (χ3v) is 2.83. The number of nitrogens with two attached hydrogens (primary N) is 2. The summed E-state index contributed by atoms with van der Waals surface area (Å²) in [5, 5.41) is 5.20. The van der Waals surface area contributed by atoms with Gasteiger partial charge in [-0.25, -0.2) is 9.67 Å². The van der Waals surface area contributed by atoms with E-state index in [-0.39, 0.29) is 5.56 Å². The van der Waals surface area contributed by atoms with Gasteiger partial charge in [0.15, 0.2) is 5.82 Å². The molecule has 0 spiro atoms. The predicted octanol–water partition coefficient (Wildman–Crippen LogP) is 1.10. The van der Waals surface area contributed by atoms with Crippen LogP contribution in [0.25, 0.3) is 16.7 Å². The average Bonchev–Trinajstić information content (AvgIpc) is 2.82. The number of fused-ring (bicyclic) bond motifs is 1.